The molecule has 2 aromatic carbocycles. The number of guanidine groups is 3. The van der Waals surface area contributed by atoms with Crippen molar-refractivity contribution < 1.29 is 127 Å². The largest absolute Gasteiger partial charge is 0.481 e. The first-order valence-corrected chi connectivity index (χ1v) is 43.1. The molecule has 53 nitrogen and oxygen atoms in total. The Balaban J connectivity index is 1.70. The molecule has 0 fully saturated rings. The third kappa shape index (κ3) is 39.1. The number of para-hydroxylation sites is 2. The number of primary amides is 1. The number of aliphatic hydroxyl groups excluding tert-OH is 5. The van der Waals surface area contributed by atoms with E-state index in [0.717, 1.165) is 6.92 Å². The van der Waals surface area contributed by atoms with Gasteiger partial charge in [0.1, 0.15) is 90.6 Å². The van der Waals surface area contributed by atoms with E-state index in [1.807, 2.05) is 0 Å². The predicted octanol–water partition coefficient (Wildman–Crippen LogP) is -10.5. The van der Waals surface area contributed by atoms with Gasteiger partial charge in [0.25, 0.3) is 0 Å². The van der Waals surface area contributed by atoms with Crippen LogP contribution in [-0.2, 0) is 99.1 Å². The second-order valence-electron chi connectivity index (χ2n) is 32.4. The van der Waals surface area contributed by atoms with E-state index in [2.05, 4.69) is 100 Å². The summed E-state index contributed by atoms with van der Waals surface area (Å²) >= 11 is 0. The number of aromatic amines is 2. The molecule has 0 saturated heterocycles. The zero-order valence-electron chi connectivity index (χ0n) is 75.0. The predicted molar refractivity (Wildman–Crippen MR) is 481 cm³/mol. The van der Waals surface area contributed by atoms with E-state index < -0.39 is 317 Å². The van der Waals surface area contributed by atoms with Gasteiger partial charge in [-0.2, -0.15) is 0 Å². The summed E-state index contributed by atoms with van der Waals surface area (Å²) in [7, 11) is 0. The number of nitrogens with two attached hydrogens (primary N) is 5. The summed E-state index contributed by atoms with van der Waals surface area (Å²) in [5.74, 6) is -25.2. The third-order valence-electron chi connectivity index (χ3n) is 20.8. The van der Waals surface area contributed by atoms with E-state index >= 15 is 9.59 Å². The van der Waals surface area contributed by atoms with Crippen molar-refractivity contribution in [3.8, 4) is 0 Å². The molecular formula is C82H127N27O26. The molecule has 0 aliphatic carbocycles. The van der Waals surface area contributed by atoms with Gasteiger partial charge in [-0.05, 0) is 106 Å². The van der Waals surface area contributed by atoms with Crippen molar-refractivity contribution in [1.29, 1.82) is 16.2 Å². The van der Waals surface area contributed by atoms with E-state index in [1.54, 1.807) is 68.6 Å². The lowest BCUT2D eigenvalue weighted by Gasteiger charge is -2.29. The number of carboxylic acid groups (broad SMARTS) is 3. The number of amides is 15. The summed E-state index contributed by atoms with van der Waals surface area (Å²) in [5, 5.41) is 146. The number of aromatic nitrogens is 2. The Morgan fingerprint density at radius 3 is 0.985 bits per heavy atom. The van der Waals surface area contributed by atoms with Crippen molar-refractivity contribution in [3.63, 3.8) is 0 Å². The minimum Gasteiger partial charge on any atom is -0.481 e. The number of fused-ring (bicyclic) bond motifs is 2. The van der Waals surface area contributed by atoms with Gasteiger partial charge >= 0.3 is 17.9 Å². The summed E-state index contributed by atoms with van der Waals surface area (Å²) < 4.78 is 0. The van der Waals surface area contributed by atoms with Gasteiger partial charge in [-0.1, -0.05) is 64.1 Å². The van der Waals surface area contributed by atoms with Gasteiger partial charge < -0.3 is 170 Å². The number of carboxylic acids is 3. The number of carbonyl (C=O) groups excluding carboxylic acids is 15. The van der Waals surface area contributed by atoms with Crippen LogP contribution in [0.4, 0.5) is 0 Å². The van der Waals surface area contributed by atoms with Gasteiger partial charge in [0.2, 0.25) is 88.6 Å². The zero-order chi connectivity index (χ0) is 101. The van der Waals surface area contributed by atoms with Gasteiger partial charge in [0.05, 0.1) is 32.5 Å². The first-order valence-electron chi connectivity index (χ1n) is 43.1. The van der Waals surface area contributed by atoms with Crippen LogP contribution >= 0.6 is 0 Å². The van der Waals surface area contributed by atoms with Crippen LogP contribution in [0.5, 0.6) is 0 Å². The van der Waals surface area contributed by atoms with Crippen molar-refractivity contribution in [3.05, 3.63) is 72.1 Å². The number of aliphatic carboxylic acids is 3. The minimum absolute atomic E-state index is 0.0445. The number of H-pyrrole nitrogens is 2. The topological polar surface area (TPSA) is 907 Å². The average Bonchev–Trinajstić information content (AvgIpc) is 1.75. The fraction of sp³-hybridized carbons (Fsp3) is 0.549. The number of hydrogen-bond donors (Lipinski definition) is 35. The molecule has 16 atom stereocenters. The molecule has 746 valence electrons. The van der Waals surface area contributed by atoms with Crippen LogP contribution in [-0.4, -0.2) is 318 Å². The van der Waals surface area contributed by atoms with Crippen LogP contribution in [0.3, 0.4) is 0 Å². The lowest BCUT2D eigenvalue weighted by molar-refractivity contribution is -0.143. The Morgan fingerprint density at radius 1 is 0.348 bits per heavy atom. The van der Waals surface area contributed by atoms with Crippen LogP contribution < -0.4 is 119 Å². The highest BCUT2D eigenvalue weighted by atomic mass is 16.4. The van der Waals surface area contributed by atoms with Crippen molar-refractivity contribution in [2.24, 2.45) is 40.5 Å². The first-order chi connectivity index (χ1) is 63.7. The van der Waals surface area contributed by atoms with Crippen LogP contribution in [0.2, 0.25) is 0 Å². The SMILES string of the molecule is CC(C)C[C@H](NC(=O)[C@H](Cc1c[nH]c2ccccc12)NC(=O)[C@H](CO)NC(=O)[C@@H](N)CO)C(=O)N[C@H](C(=O)N[C@@H](CCC(=O)O)C(=O)N[C@@H](CO)C(=O)N[C@@H](Cc1c[nH]c2ccccc12)C(=O)N[C@@H](CCCNC(=N)N)C(=O)N[C@@H](CCCNC(=N)N)C(=O)N[C@@H](CCC(=O)O)C(=O)N[C@@H](CCC(N)=O)C(=O)N[C@H](C(=O)N[C@@H](CO)C(=O)N[C@@H](CCCNC(=N)N)C(=O)O)C(C)C)[C@@H](C)O. The van der Waals surface area contributed by atoms with E-state index in [0.29, 0.717) is 32.9 Å². The smallest absolute Gasteiger partial charge is 0.326 e. The van der Waals surface area contributed by atoms with Crippen LogP contribution in [0.25, 0.3) is 21.8 Å². The molecular weight excluding hydrogens is 1780 g/mol. The zero-order valence-corrected chi connectivity index (χ0v) is 75.0. The molecule has 0 saturated carbocycles. The second-order valence-corrected chi connectivity index (χ2v) is 32.4. The Hall–Kier alpha value is -14.4. The Kier molecular flexibility index (Phi) is 47.7. The van der Waals surface area contributed by atoms with E-state index in [1.165, 1.54) is 20.0 Å². The van der Waals surface area contributed by atoms with Crippen molar-refractivity contribution in [1.82, 2.24) is 100 Å². The first kappa shape index (κ1) is 113. The quantitative estimate of drug-likeness (QED) is 0.0111. The van der Waals surface area contributed by atoms with Crippen molar-refractivity contribution in [2.45, 2.75) is 228 Å². The molecule has 53 heteroatoms. The molecule has 0 aliphatic heterocycles. The van der Waals surface area contributed by atoms with Gasteiger partial charge in [0.15, 0.2) is 17.9 Å². The fourth-order valence-electron chi connectivity index (χ4n) is 13.5. The van der Waals surface area contributed by atoms with Crippen LogP contribution in [0, 0.1) is 28.1 Å². The van der Waals surface area contributed by atoms with Crippen molar-refractivity contribution in [2.75, 3.05) is 46.1 Å². The number of aliphatic hydroxyl groups is 5. The van der Waals surface area contributed by atoms with E-state index in [-0.39, 0.29) is 58.2 Å². The molecule has 40 N–H and O–H groups in total. The molecule has 135 heavy (non-hydrogen) atoms. The maximum atomic E-state index is 15.2. The highest BCUT2D eigenvalue weighted by Gasteiger charge is 2.41. The molecule has 0 unspecified atom stereocenters. The van der Waals surface area contributed by atoms with Gasteiger partial charge in [-0.25, -0.2) is 4.79 Å². The van der Waals surface area contributed by atoms with Gasteiger partial charge in [-0.3, -0.25) is 97.7 Å². The fourth-order valence-corrected chi connectivity index (χ4v) is 13.5. The van der Waals surface area contributed by atoms with Crippen LogP contribution in [0.1, 0.15) is 129 Å². The number of benzene rings is 2. The maximum Gasteiger partial charge on any atom is 0.326 e. The standard InChI is InChI=1S/C82H127N27O26/c1-38(2)29-54(102-72(127)56(31-42-33-95-47-16-9-7-14-44(42)47)104-75(130)57(35-111)105-65(120)45(83)34-110)73(128)109-64(40(5)114)78(133)100-52(22-25-62(118)119)69(124)106-58(36-112)76(131)103-55(30-41-32-94-46-15-8-6-13-43(41)46)71(126)97-49(18-11-27-92-81(87)88)66(121)96-48(17-10-26-91-80(85)86)67(122)99-51(21-24-61(116)117)68(123)98-50(20-23-60(84)115)70(125)108-63(39(3)4)77(132)107-59(37-113)74(129)101-53(79(134)135)19-12-28-93-82(89)90/h6-9,13-16,32-33,38-40,45,48-59,63-64,94-95,110-114H,10-12,17-31,34-37,83H2,1-5H3,(H2,84,115)(H,96,121)(H,97,126)(H,98,123)(H,99,122)(H,100,133)(H,101,129)(H,102,127)(H,103,131)(H,104,130)(H,105,120)(H,106,124)(H,107,132)(H,108,125)(H,109,128)(H,116,117)(H,118,119)(H,134,135)(H4,85,86,91)(H4,87,88,92)(H4,89,90,93)/t40-,45+,48+,49+,50+,51+,52+,53+,54+,55+,56+,57+,58+,59+,63+,64+/m1/s1. The molecule has 2 aromatic heterocycles. The Labute approximate surface area is 773 Å². The summed E-state index contributed by atoms with van der Waals surface area (Å²) in [6.07, 6.45) is -5.56. The lowest BCUT2D eigenvalue weighted by atomic mass is 10.00. The normalized spacial score (nSPS) is 14.7. The van der Waals surface area contributed by atoms with Gasteiger partial charge in [-0.15, -0.1) is 0 Å². The summed E-state index contributed by atoms with van der Waals surface area (Å²) in [5.41, 5.74) is 29.4. The molecule has 2 heterocycles. The Morgan fingerprint density at radius 2 is 0.637 bits per heavy atom. The molecule has 4 aromatic rings. The molecule has 0 aliphatic rings. The monoisotopic (exact) mass is 1910 g/mol. The number of nitrogens with one attached hydrogen (secondary N) is 22. The van der Waals surface area contributed by atoms with Crippen LogP contribution in [0.15, 0.2) is 60.9 Å². The molecule has 4 rings (SSSR count). The van der Waals surface area contributed by atoms with E-state index in [4.69, 9.17) is 44.9 Å². The summed E-state index contributed by atoms with van der Waals surface area (Å²) in [6.45, 7) is 2.68. The number of carbonyl (C=O) groups is 18. The summed E-state index contributed by atoms with van der Waals surface area (Å²) in [4.78, 5) is 255. The molecule has 0 radical (unpaired) electrons. The average molecular weight is 1910 g/mol. The maximum absolute atomic E-state index is 15.2. The highest BCUT2D eigenvalue weighted by molar-refractivity contribution is 6.02. The molecule has 0 spiro atoms. The number of hydrogen-bond acceptors (Lipinski definition) is 27. The number of rotatable bonds is 62. The van der Waals surface area contributed by atoms with Crippen molar-refractivity contribution >= 4 is 146 Å². The summed E-state index contributed by atoms with van der Waals surface area (Å²) in [6, 6.07) is -13.4. The third-order valence-corrected chi connectivity index (χ3v) is 20.8. The highest BCUT2D eigenvalue weighted by Crippen LogP contribution is 2.23. The van der Waals surface area contributed by atoms with E-state index in [9.17, 15) is 118 Å². The molecule has 15 amide bonds. The minimum atomic E-state index is -2.11. The second kappa shape index (κ2) is 57.1. The molecule has 0 bridgehead atoms. The van der Waals surface area contributed by atoms with Gasteiger partial charge in [0, 0.05) is 85.9 Å². The Bertz CT molecular complexity index is 4800. The lowest BCUT2D eigenvalue weighted by Crippen LogP contribution is -2.62.